The maximum Gasteiger partial charge on any atom is 0.230 e. The van der Waals surface area contributed by atoms with Gasteiger partial charge in [0.1, 0.15) is 5.75 Å². The Morgan fingerprint density at radius 1 is 1.26 bits per heavy atom. The molecule has 0 aromatic heterocycles. The molecule has 0 spiro atoms. The highest BCUT2D eigenvalue weighted by Crippen LogP contribution is 2.17. The molecule has 1 fully saturated rings. The fourth-order valence-electron chi connectivity index (χ4n) is 2.24. The van der Waals surface area contributed by atoms with Gasteiger partial charge in [0, 0.05) is 11.8 Å². The normalized spacial score (nSPS) is 15.4. The first-order valence-corrected chi connectivity index (χ1v) is 8.05. The molecule has 1 aliphatic rings. The molecular weight excluding hydrogens is 258 g/mol. The molecule has 1 N–H and O–H groups in total. The minimum atomic E-state index is 0.164. The summed E-state index contributed by atoms with van der Waals surface area (Å²) in [5.41, 5.74) is 0. The molecule has 1 aromatic carbocycles. The highest BCUT2D eigenvalue weighted by Gasteiger charge is 2.16. The first-order valence-electron chi connectivity index (χ1n) is 6.89. The van der Waals surface area contributed by atoms with E-state index in [0.29, 0.717) is 18.4 Å². The fraction of sp³-hybridized carbons (Fsp3) is 0.533. The van der Waals surface area contributed by atoms with Gasteiger partial charge in [-0.2, -0.15) is 0 Å². The lowest BCUT2D eigenvalue weighted by Crippen LogP contribution is -2.34. The van der Waals surface area contributed by atoms with Crippen LogP contribution in [-0.2, 0) is 4.79 Å². The summed E-state index contributed by atoms with van der Waals surface area (Å²) >= 11 is 1.63. The van der Waals surface area contributed by atoms with Crippen molar-refractivity contribution < 1.29 is 9.53 Å². The Bertz CT molecular complexity index is 377. The zero-order valence-electron chi connectivity index (χ0n) is 11.1. The summed E-state index contributed by atoms with van der Waals surface area (Å²) in [6.45, 7) is 0.644. The van der Waals surface area contributed by atoms with E-state index in [9.17, 15) is 4.79 Å². The van der Waals surface area contributed by atoms with Crippen LogP contribution in [0.15, 0.2) is 30.3 Å². The topological polar surface area (TPSA) is 38.3 Å². The largest absolute Gasteiger partial charge is 0.493 e. The molecular formula is C15H21NO2S. The minimum absolute atomic E-state index is 0.164. The third kappa shape index (κ3) is 5.55. The number of ether oxygens (including phenoxy) is 1. The zero-order chi connectivity index (χ0) is 13.3. The van der Waals surface area contributed by atoms with Crippen LogP contribution in [0.3, 0.4) is 0 Å². The lowest BCUT2D eigenvalue weighted by atomic mass is 10.2. The summed E-state index contributed by atoms with van der Waals surface area (Å²) in [6, 6.07) is 10.2. The number of benzene rings is 1. The van der Waals surface area contributed by atoms with Gasteiger partial charge < -0.3 is 10.1 Å². The minimum Gasteiger partial charge on any atom is -0.493 e. The molecule has 0 radical (unpaired) electrons. The predicted molar refractivity (Wildman–Crippen MR) is 79.7 cm³/mol. The molecule has 0 unspecified atom stereocenters. The Morgan fingerprint density at radius 3 is 2.74 bits per heavy atom. The van der Waals surface area contributed by atoms with Gasteiger partial charge in [-0.05, 0) is 25.0 Å². The highest BCUT2D eigenvalue weighted by molar-refractivity contribution is 7.99. The van der Waals surface area contributed by atoms with Crippen LogP contribution in [0.5, 0.6) is 5.75 Å². The number of rotatable bonds is 7. The van der Waals surface area contributed by atoms with Crippen molar-refractivity contribution in [3.8, 4) is 5.75 Å². The van der Waals surface area contributed by atoms with Crippen molar-refractivity contribution in [1.29, 1.82) is 0 Å². The van der Waals surface area contributed by atoms with Gasteiger partial charge in [0.2, 0.25) is 5.91 Å². The fourth-order valence-corrected chi connectivity index (χ4v) is 2.85. The molecule has 4 heteroatoms. The summed E-state index contributed by atoms with van der Waals surface area (Å²) in [7, 11) is 0. The number of carbonyl (C=O) groups is 1. The smallest absolute Gasteiger partial charge is 0.230 e. The van der Waals surface area contributed by atoms with Crippen molar-refractivity contribution >= 4 is 17.7 Å². The van der Waals surface area contributed by atoms with Gasteiger partial charge >= 0.3 is 0 Å². The first-order chi connectivity index (χ1) is 9.34. The second kappa shape index (κ2) is 8.10. The summed E-state index contributed by atoms with van der Waals surface area (Å²) in [4.78, 5) is 11.7. The Morgan fingerprint density at radius 2 is 2.00 bits per heavy atom. The van der Waals surface area contributed by atoms with Gasteiger partial charge in [0.15, 0.2) is 0 Å². The lowest BCUT2D eigenvalue weighted by Gasteiger charge is -2.11. The highest BCUT2D eigenvalue weighted by atomic mass is 32.2. The number of hydrogen-bond donors (Lipinski definition) is 1. The van der Waals surface area contributed by atoms with Gasteiger partial charge in [0.05, 0.1) is 12.4 Å². The number of amides is 1. The van der Waals surface area contributed by atoms with E-state index in [1.807, 2.05) is 30.3 Å². The summed E-state index contributed by atoms with van der Waals surface area (Å²) in [6.07, 6.45) is 4.80. The van der Waals surface area contributed by atoms with Gasteiger partial charge in [-0.3, -0.25) is 4.79 Å². The van der Waals surface area contributed by atoms with E-state index < -0.39 is 0 Å². The number of nitrogens with one attached hydrogen (secondary N) is 1. The zero-order valence-corrected chi connectivity index (χ0v) is 12.0. The molecule has 0 aliphatic heterocycles. The van der Waals surface area contributed by atoms with Gasteiger partial charge in [-0.1, -0.05) is 31.0 Å². The molecule has 104 valence electrons. The standard InChI is InChI=1S/C15H21NO2S/c17-15(16-13-6-4-5-7-13)12-19-11-10-18-14-8-2-1-3-9-14/h1-3,8-9,13H,4-7,10-12H2,(H,16,17). The van der Waals surface area contributed by atoms with Crippen molar-refractivity contribution in [2.75, 3.05) is 18.1 Å². The van der Waals surface area contributed by atoms with Crippen LogP contribution < -0.4 is 10.1 Å². The molecule has 0 saturated heterocycles. The SMILES string of the molecule is O=C(CSCCOc1ccccc1)NC1CCCC1. The van der Waals surface area contributed by atoms with Gasteiger partial charge in [0.25, 0.3) is 0 Å². The van der Waals surface area contributed by atoms with Crippen molar-refractivity contribution in [1.82, 2.24) is 5.32 Å². The van der Waals surface area contributed by atoms with E-state index in [0.717, 1.165) is 24.3 Å². The number of thioether (sulfide) groups is 1. The third-order valence-electron chi connectivity index (χ3n) is 3.19. The van der Waals surface area contributed by atoms with Crippen molar-refractivity contribution in [2.24, 2.45) is 0 Å². The van der Waals surface area contributed by atoms with Crippen molar-refractivity contribution in [3.05, 3.63) is 30.3 Å². The van der Waals surface area contributed by atoms with E-state index in [2.05, 4.69) is 5.32 Å². The molecule has 1 aromatic rings. The van der Waals surface area contributed by atoms with Crippen LogP contribution in [0.2, 0.25) is 0 Å². The third-order valence-corrected chi connectivity index (χ3v) is 4.11. The van der Waals surface area contributed by atoms with Crippen LogP contribution in [0.1, 0.15) is 25.7 Å². The lowest BCUT2D eigenvalue weighted by molar-refractivity contribution is -0.119. The number of hydrogen-bond acceptors (Lipinski definition) is 3. The summed E-state index contributed by atoms with van der Waals surface area (Å²) in [5, 5.41) is 3.09. The van der Waals surface area contributed by atoms with Gasteiger partial charge in [-0.25, -0.2) is 0 Å². The van der Waals surface area contributed by atoms with E-state index >= 15 is 0 Å². The molecule has 1 saturated carbocycles. The Balaban J connectivity index is 1.50. The molecule has 1 amide bonds. The second-order valence-corrected chi connectivity index (χ2v) is 5.87. The molecule has 1 aliphatic carbocycles. The van der Waals surface area contributed by atoms with Gasteiger partial charge in [-0.15, -0.1) is 11.8 Å². The Hall–Kier alpha value is -1.16. The van der Waals surface area contributed by atoms with Crippen LogP contribution in [0.4, 0.5) is 0 Å². The number of carbonyl (C=O) groups excluding carboxylic acids is 1. The van der Waals surface area contributed by atoms with E-state index in [1.54, 1.807) is 11.8 Å². The first kappa shape index (κ1) is 14.3. The van der Waals surface area contributed by atoms with Crippen LogP contribution in [0, 0.1) is 0 Å². The van der Waals surface area contributed by atoms with Crippen LogP contribution >= 0.6 is 11.8 Å². The molecule has 0 heterocycles. The maximum absolute atomic E-state index is 11.7. The molecule has 0 bridgehead atoms. The maximum atomic E-state index is 11.7. The Kier molecular flexibility index (Phi) is 6.08. The molecule has 0 atom stereocenters. The summed E-state index contributed by atoms with van der Waals surface area (Å²) in [5.74, 6) is 2.43. The van der Waals surface area contributed by atoms with Crippen molar-refractivity contribution in [2.45, 2.75) is 31.7 Å². The van der Waals surface area contributed by atoms with Crippen molar-refractivity contribution in [3.63, 3.8) is 0 Å². The quantitative estimate of drug-likeness (QED) is 0.780. The predicted octanol–water partition coefficient (Wildman–Crippen LogP) is 2.86. The Labute approximate surface area is 119 Å². The molecule has 19 heavy (non-hydrogen) atoms. The average molecular weight is 279 g/mol. The number of para-hydroxylation sites is 1. The average Bonchev–Trinajstić information content (AvgIpc) is 2.92. The van der Waals surface area contributed by atoms with Crippen LogP contribution in [0.25, 0.3) is 0 Å². The van der Waals surface area contributed by atoms with E-state index in [1.165, 1.54) is 12.8 Å². The van der Waals surface area contributed by atoms with E-state index in [4.69, 9.17) is 4.74 Å². The molecule has 3 nitrogen and oxygen atoms in total. The summed E-state index contributed by atoms with van der Waals surface area (Å²) < 4.78 is 5.57. The van der Waals surface area contributed by atoms with Crippen LogP contribution in [-0.4, -0.2) is 30.1 Å². The monoisotopic (exact) mass is 279 g/mol. The molecule has 2 rings (SSSR count). The second-order valence-electron chi connectivity index (χ2n) is 4.76. The van der Waals surface area contributed by atoms with E-state index in [-0.39, 0.29) is 5.91 Å².